The fourth-order valence-corrected chi connectivity index (χ4v) is 6.82. The third-order valence-electron chi connectivity index (χ3n) is 8.84. The van der Waals surface area contributed by atoms with Gasteiger partial charge in [-0.3, -0.25) is 4.79 Å². The number of rotatable bonds is 6. The number of hydrogen-bond acceptors (Lipinski definition) is 4. The zero-order chi connectivity index (χ0) is 23.7. The molecule has 1 aromatic heterocycles. The molecule has 2 bridgehead atoms. The van der Waals surface area contributed by atoms with Crippen molar-refractivity contribution < 1.29 is 18.5 Å². The summed E-state index contributed by atoms with van der Waals surface area (Å²) in [6.45, 7) is 3.96. The van der Waals surface area contributed by atoms with Crippen molar-refractivity contribution in [2.45, 2.75) is 63.0 Å². The fraction of sp³-hybridized carbons (Fsp3) is 0.467. The Labute approximate surface area is 219 Å². The Hall–Kier alpha value is -2.63. The predicted molar refractivity (Wildman–Crippen MR) is 142 cm³/mol. The van der Waals surface area contributed by atoms with Crippen LogP contribution in [0.4, 0.5) is 0 Å². The molecular weight excluding hydrogens is 472 g/mol. The van der Waals surface area contributed by atoms with E-state index in [-0.39, 0.29) is 24.5 Å². The van der Waals surface area contributed by atoms with E-state index in [2.05, 4.69) is 35.5 Å². The van der Waals surface area contributed by atoms with Crippen molar-refractivity contribution in [1.29, 1.82) is 0 Å². The quantitative estimate of drug-likeness (QED) is 0.289. The molecule has 4 heterocycles. The van der Waals surface area contributed by atoms with Gasteiger partial charge in [0.2, 0.25) is 0 Å². The second kappa shape index (κ2) is 10.4. The Morgan fingerprint density at radius 1 is 0.972 bits per heavy atom. The lowest BCUT2D eigenvalue weighted by Gasteiger charge is -2.52. The highest BCUT2D eigenvalue weighted by molar-refractivity contribution is 5.85. The molecule has 0 radical (unpaired) electrons. The summed E-state index contributed by atoms with van der Waals surface area (Å²) in [6, 6.07) is 22.6. The van der Waals surface area contributed by atoms with Gasteiger partial charge in [0.1, 0.15) is 18.8 Å². The van der Waals surface area contributed by atoms with Gasteiger partial charge in [-0.15, -0.1) is 12.4 Å². The summed E-state index contributed by atoms with van der Waals surface area (Å²) >= 11 is 0. The van der Waals surface area contributed by atoms with Gasteiger partial charge >= 0.3 is 5.97 Å². The first kappa shape index (κ1) is 25.0. The molecule has 7 rings (SSSR count). The molecular formula is C30H36ClN2O3+. The number of hydrogen-bond donors (Lipinski definition) is 0. The van der Waals surface area contributed by atoms with Crippen molar-refractivity contribution in [3.8, 4) is 11.3 Å². The van der Waals surface area contributed by atoms with E-state index in [0.717, 1.165) is 91.8 Å². The van der Waals surface area contributed by atoms with Crippen LogP contribution < -0.4 is 0 Å². The summed E-state index contributed by atoms with van der Waals surface area (Å²) in [4.78, 5) is 13.8. The first-order valence-electron chi connectivity index (χ1n) is 13.3. The van der Waals surface area contributed by atoms with Crippen LogP contribution in [0.1, 0.15) is 56.2 Å². The minimum absolute atomic E-state index is 0. The Bertz CT molecular complexity index is 1150. The van der Waals surface area contributed by atoms with Gasteiger partial charge in [-0.2, -0.15) is 0 Å². The number of carbonyl (C=O) groups is 1. The molecule has 6 heteroatoms. The molecule has 2 aromatic carbocycles. The number of quaternary nitrogens is 1. The van der Waals surface area contributed by atoms with Gasteiger partial charge < -0.3 is 13.7 Å². The summed E-state index contributed by atoms with van der Waals surface area (Å²) in [5.74, 6) is 1.30. The second-order valence-electron chi connectivity index (χ2n) is 11.0. The van der Waals surface area contributed by atoms with Crippen molar-refractivity contribution in [1.82, 2.24) is 5.16 Å². The maximum Gasteiger partial charge on any atom is 0.317 e. The maximum atomic E-state index is 13.8. The molecule has 0 spiro atoms. The van der Waals surface area contributed by atoms with Gasteiger partial charge in [0.05, 0.1) is 18.5 Å². The molecule has 3 aromatic rings. The van der Waals surface area contributed by atoms with E-state index < -0.39 is 5.41 Å². The van der Waals surface area contributed by atoms with Crippen LogP contribution >= 0.6 is 12.4 Å². The van der Waals surface area contributed by atoms with Crippen LogP contribution in [0.25, 0.3) is 11.3 Å². The zero-order valence-corrected chi connectivity index (χ0v) is 21.6. The van der Waals surface area contributed by atoms with Gasteiger partial charge in [-0.1, -0.05) is 85.1 Å². The molecule has 36 heavy (non-hydrogen) atoms. The average molecular weight is 508 g/mol. The number of carbonyl (C=O) groups excluding carboxylic acids is 1. The third kappa shape index (κ3) is 4.71. The van der Waals surface area contributed by atoms with Crippen LogP contribution in [-0.2, 0) is 21.5 Å². The van der Waals surface area contributed by atoms with E-state index in [1.54, 1.807) is 0 Å². The highest BCUT2D eigenvalue weighted by atomic mass is 35.5. The molecule has 1 atom stereocenters. The third-order valence-corrected chi connectivity index (χ3v) is 8.84. The smallest absolute Gasteiger partial charge is 0.317 e. The standard InChI is InChI=1S/C30H35N2O3.ClH/c33-29(30(16-8-3-9-17-30)25-12-6-2-7-13-25)34-28-22-32(18-14-24(28)15-19-32)21-26-20-27(35-31-26)23-10-4-1-5-11-23;/h1-2,4-7,10-13,20,24,28H,3,8-9,14-19,21-22H2;1H/q+1;/t24?,28-,32?;/m0./s1. The summed E-state index contributed by atoms with van der Waals surface area (Å²) in [5.41, 5.74) is 2.69. The van der Waals surface area contributed by atoms with Crippen molar-refractivity contribution in [3.63, 3.8) is 0 Å². The maximum absolute atomic E-state index is 13.8. The molecule has 0 N–H and O–H groups in total. The lowest BCUT2D eigenvalue weighted by molar-refractivity contribution is -0.958. The molecule has 1 aliphatic carbocycles. The molecule has 3 saturated heterocycles. The first-order valence-corrected chi connectivity index (χ1v) is 13.3. The number of ether oxygens (including phenoxy) is 1. The summed E-state index contributed by atoms with van der Waals surface area (Å²) in [7, 11) is 0. The van der Waals surface area contributed by atoms with E-state index in [0.29, 0.717) is 5.92 Å². The first-order chi connectivity index (χ1) is 17.2. The second-order valence-corrected chi connectivity index (χ2v) is 11.0. The molecule has 0 amide bonds. The predicted octanol–water partition coefficient (Wildman–Crippen LogP) is 6.32. The molecule has 4 fully saturated rings. The number of nitrogens with zero attached hydrogens (tertiary/aromatic N) is 2. The Kier molecular flexibility index (Phi) is 7.23. The van der Waals surface area contributed by atoms with E-state index in [9.17, 15) is 4.79 Å². The molecule has 0 unspecified atom stereocenters. The van der Waals surface area contributed by atoms with Crippen LogP contribution in [0, 0.1) is 5.92 Å². The molecule has 3 aliphatic heterocycles. The SMILES string of the molecule is Cl.O=C(O[C@H]1C[N+]2(Cc3cc(-c4ccccc4)on3)CCC1CC2)C1(c2ccccc2)CCCCC1. The number of piperidine rings is 3. The van der Waals surface area contributed by atoms with Crippen LogP contribution in [0.5, 0.6) is 0 Å². The van der Waals surface area contributed by atoms with Crippen molar-refractivity contribution >= 4 is 18.4 Å². The van der Waals surface area contributed by atoms with Gasteiger partial charge in [0.15, 0.2) is 11.9 Å². The Morgan fingerprint density at radius 2 is 1.64 bits per heavy atom. The largest absolute Gasteiger partial charge is 0.455 e. The molecule has 5 nitrogen and oxygen atoms in total. The Balaban J connectivity index is 0.00000267. The monoisotopic (exact) mass is 507 g/mol. The minimum Gasteiger partial charge on any atom is -0.455 e. The summed E-state index contributed by atoms with van der Waals surface area (Å²) in [6.07, 6.45) is 7.40. The van der Waals surface area contributed by atoms with Crippen LogP contribution in [0.2, 0.25) is 0 Å². The van der Waals surface area contributed by atoms with Crippen LogP contribution in [0.15, 0.2) is 71.3 Å². The summed E-state index contributed by atoms with van der Waals surface area (Å²) in [5, 5.41) is 4.41. The van der Waals surface area contributed by atoms with E-state index in [1.807, 2.05) is 36.4 Å². The van der Waals surface area contributed by atoms with Crippen LogP contribution in [0.3, 0.4) is 0 Å². The van der Waals surface area contributed by atoms with Gasteiger partial charge in [0, 0.05) is 30.4 Å². The topological polar surface area (TPSA) is 52.3 Å². The highest BCUT2D eigenvalue weighted by Gasteiger charge is 2.50. The molecule has 1 saturated carbocycles. The average Bonchev–Trinajstić information content (AvgIpc) is 3.38. The number of benzene rings is 2. The van der Waals surface area contributed by atoms with Crippen molar-refractivity contribution in [3.05, 3.63) is 78.0 Å². The normalized spacial score (nSPS) is 26.7. The van der Waals surface area contributed by atoms with Crippen LogP contribution in [-0.4, -0.2) is 41.3 Å². The summed E-state index contributed by atoms with van der Waals surface area (Å²) < 4.78 is 13.1. The van der Waals surface area contributed by atoms with E-state index in [4.69, 9.17) is 9.26 Å². The van der Waals surface area contributed by atoms with Gasteiger partial charge in [-0.05, 0) is 18.4 Å². The lowest BCUT2D eigenvalue weighted by atomic mass is 9.69. The minimum atomic E-state index is -0.479. The molecule has 4 aliphatic rings. The van der Waals surface area contributed by atoms with Gasteiger partial charge in [-0.25, -0.2) is 0 Å². The number of fused-ring (bicyclic) bond motifs is 3. The highest BCUT2D eigenvalue weighted by Crippen LogP contribution is 2.43. The van der Waals surface area contributed by atoms with Crippen molar-refractivity contribution in [2.75, 3.05) is 19.6 Å². The van der Waals surface area contributed by atoms with Gasteiger partial charge in [0.25, 0.3) is 0 Å². The number of halogens is 1. The van der Waals surface area contributed by atoms with E-state index >= 15 is 0 Å². The molecule has 190 valence electrons. The number of aromatic nitrogens is 1. The number of esters is 1. The zero-order valence-electron chi connectivity index (χ0n) is 20.8. The lowest BCUT2D eigenvalue weighted by Crippen LogP contribution is -2.64. The van der Waals surface area contributed by atoms with E-state index in [1.165, 1.54) is 6.42 Å². The fourth-order valence-electron chi connectivity index (χ4n) is 6.82. The van der Waals surface area contributed by atoms with Crippen molar-refractivity contribution in [2.24, 2.45) is 5.92 Å². The Morgan fingerprint density at radius 3 is 2.33 bits per heavy atom.